The highest BCUT2D eigenvalue weighted by atomic mass is 17.2. The minimum absolute atomic E-state index is 0.192. The molecule has 0 radical (unpaired) electrons. The van der Waals surface area contributed by atoms with Crippen LogP contribution in [-0.4, -0.2) is 11.9 Å². The van der Waals surface area contributed by atoms with Gasteiger partial charge in [0.05, 0.1) is 6.42 Å². The van der Waals surface area contributed by atoms with Gasteiger partial charge in [0.2, 0.25) is 0 Å². The lowest BCUT2D eigenvalue weighted by Crippen LogP contribution is -2.09. The van der Waals surface area contributed by atoms with Gasteiger partial charge in [-0.15, -0.1) is 0 Å². The lowest BCUT2D eigenvalue weighted by molar-refractivity contribution is -0.257. The minimum atomic E-state index is -0.636. The Bertz CT molecular complexity index is 332. The molecule has 4 heteroatoms. The van der Waals surface area contributed by atoms with Gasteiger partial charge in [0, 0.05) is 6.92 Å². The maximum absolute atomic E-state index is 11.0. The van der Waals surface area contributed by atoms with Crippen LogP contribution in [0, 0.1) is 0 Å². The second-order valence-corrected chi connectivity index (χ2v) is 3.02. The first-order chi connectivity index (χ1) is 7.18. The Hall–Kier alpha value is -1.84. The van der Waals surface area contributed by atoms with E-state index in [2.05, 4.69) is 9.78 Å². The summed E-state index contributed by atoms with van der Waals surface area (Å²) in [5.41, 5.74) is 1.04. The van der Waals surface area contributed by atoms with Gasteiger partial charge in [0.25, 0.3) is 0 Å². The van der Waals surface area contributed by atoms with Gasteiger partial charge < -0.3 is 0 Å². The summed E-state index contributed by atoms with van der Waals surface area (Å²) in [6.07, 6.45) is 0.762. The number of aryl methyl sites for hydroxylation is 1. The van der Waals surface area contributed by atoms with Gasteiger partial charge in [-0.1, -0.05) is 30.3 Å². The number of hydrogen-bond acceptors (Lipinski definition) is 4. The van der Waals surface area contributed by atoms with Crippen LogP contribution in [0.5, 0.6) is 0 Å². The third-order valence-corrected chi connectivity index (χ3v) is 1.71. The van der Waals surface area contributed by atoms with Crippen LogP contribution in [0.1, 0.15) is 18.9 Å². The zero-order valence-corrected chi connectivity index (χ0v) is 8.43. The molecule has 4 nitrogen and oxygen atoms in total. The highest BCUT2D eigenvalue weighted by Crippen LogP contribution is 2.03. The molecule has 80 valence electrons. The highest BCUT2D eigenvalue weighted by Gasteiger charge is 2.06. The molecular formula is C11H12O4. The Morgan fingerprint density at radius 2 is 1.80 bits per heavy atom. The van der Waals surface area contributed by atoms with Gasteiger partial charge in [-0.25, -0.2) is 19.4 Å². The van der Waals surface area contributed by atoms with Crippen molar-refractivity contribution >= 4 is 11.9 Å². The molecule has 0 bridgehead atoms. The lowest BCUT2D eigenvalue weighted by Gasteiger charge is -2.01. The minimum Gasteiger partial charge on any atom is -0.248 e. The van der Waals surface area contributed by atoms with Crippen LogP contribution >= 0.6 is 0 Å². The Morgan fingerprint density at radius 3 is 2.40 bits per heavy atom. The SMILES string of the molecule is CC(=O)OOC(=O)CCc1ccccc1. The van der Waals surface area contributed by atoms with E-state index in [0.29, 0.717) is 6.42 Å². The standard InChI is InChI=1S/C11H12O4/c1-9(12)14-15-11(13)8-7-10-5-3-2-4-6-10/h2-6H,7-8H2,1H3. The molecule has 0 spiro atoms. The van der Waals surface area contributed by atoms with E-state index in [1.54, 1.807) is 0 Å². The molecule has 0 amide bonds. The molecular weight excluding hydrogens is 196 g/mol. The Morgan fingerprint density at radius 1 is 1.13 bits per heavy atom. The van der Waals surface area contributed by atoms with Gasteiger partial charge in [0.1, 0.15) is 0 Å². The second-order valence-electron chi connectivity index (χ2n) is 3.02. The number of carbonyl (C=O) groups excluding carboxylic acids is 2. The monoisotopic (exact) mass is 208 g/mol. The predicted molar refractivity (Wildman–Crippen MR) is 52.6 cm³/mol. The molecule has 1 aromatic rings. The van der Waals surface area contributed by atoms with E-state index >= 15 is 0 Å². The first-order valence-electron chi connectivity index (χ1n) is 4.60. The number of carbonyl (C=O) groups is 2. The van der Waals surface area contributed by atoms with Crippen LogP contribution in [0.25, 0.3) is 0 Å². The molecule has 0 aliphatic carbocycles. The molecule has 0 saturated carbocycles. The summed E-state index contributed by atoms with van der Waals surface area (Å²) in [5.74, 6) is -1.18. The smallest absolute Gasteiger partial charge is 0.248 e. The van der Waals surface area contributed by atoms with Crippen molar-refractivity contribution in [3.8, 4) is 0 Å². The molecule has 0 fully saturated rings. The summed E-state index contributed by atoms with van der Waals surface area (Å²) in [6, 6.07) is 9.53. The molecule has 1 rings (SSSR count). The van der Waals surface area contributed by atoms with E-state index in [0.717, 1.165) is 5.56 Å². The molecule has 0 aliphatic rings. The first-order valence-corrected chi connectivity index (χ1v) is 4.60. The van der Waals surface area contributed by atoms with Gasteiger partial charge in [-0.3, -0.25) is 0 Å². The van der Waals surface area contributed by atoms with Crippen molar-refractivity contribution in [2.75, 3.05) is 0 Å². The number of benzene rings is 1. The Balaban J connectivity index is 2.26. The average molecular weight is 208 g/mol. The fourth-order valence-corrected chi connectivity index (χ4v) is 1.04. The molecule has 0 heterocycles. The number of hydrogen-bond donors (Lipinski definition) is 0. The van der Waals surface area contributed by atoms with Crippen molar-refractivity contribution in [3.05, 3.63) is 35.9 Å². The lowest BCUT2D eigenvalue weighted by atomic mass is 10.1. The topological polar surface area (TPSA) is 52.6 Å². The summed E-state index contributed by atoms with van der Waals surface area (Å²) < 4.78 is 0. The first kappa shape index (κ1) is 11.2. The van der Waals surface area contributed by atoms with Crippen LogP contribution < -0.4 is 0 Å². The third kappa shape index (κ3) is 4.81. The molecule has 0 N–H and O–H groups in total. The van der Waals surface area contributed by atoms with E-state index in [1.165, 1.54) is 6.92 Å². The van der Waals surface area contributed by atoms with Crippen molar-refractivity contribution in [2.24, 2.45) is 0 Å². The fourth-order valence-electron chi connectivity index (χ4n) is 1.04. The zero-order valence-electron chi connectivity index (χ0n) is 8.43. The highest BCUT2D eigenvalue weighted by molar-refractivity contribution is 5.71. The van der Waals surface area contributed by atoms with Crippen molar-refractivity contribution in [1.82, 2.24) is 0 Å². The fraction of sp³-hybridized carbons (Fsp3) is 0.273. The Labute approximate surface area is 87.7 Å². The van der Waals surface area contributed by atoms with Crippen molar-refractivity contribution in [2.45, 2.75) is 19.8 Å². The summed E-state index contributed by atoms with van der Waals surface area (Å²) in [4.78, 5) is 29.7. The molecule has 0 aliphatic heterocycles. The van der Waals surface area contributed by atoms with Crippen LogP contribution in [0.2, 0.25) is 0 Å². The maximum Gasteiger partial charge on any atom is 0.355 e. The van der Waals surface area contributed by atoms with E-state index in [1.807, 2.05) is 30.3 Å². The number of rotatable bonds is 3. The Kier molecular flexibility index (Phi) is 4.34. The summed E-state index contributed by atoms with van der Waals surface area (Å²) in [5, 5.41) is 0. The molecule has 0 atom stereocenters. The maximum atomic E-state index is 11.0. The van der Waals surface area contributed by atoms with E-state index < -0.39 is 11.9 Å². The largest absolute Gasteiger partial charge is 0.355 e. The molecule has 0 aromatic heterocycles. The molecule has 1 aromatic carbocycles. The summed E-state index contributed by atoms with van der Waals surface area (Å²) >= 11 is 0. The van der Waals surface area contributed by atoms with Gasteiger partial charge >= 0.3 is 11.9 Å². The van der Waals surface area contributed by atoms with Gasteiger partial charge in [-0.05, 0) is 12.0 Å². The zero-order chi connectivity index (χ0) is 11.1. The molecule has 0 unspecified atom stereocenters. The van der Waals surface area contributed by atoms with Gasteiger partial charge in [0.15, 0.2) is 0 Å². The second kappa shape index (κ2) is 5.80. The van der Waals surface area contributed by atoms with Gasteiger partial charge in [-0.2, -0.15) is 0 Å². The molecule has 15 heavy (non-hydrogen) atoms. The normalized spacial score (nSPS) is 9.40. The van der Waals surface area contributed by atoms with Crippen LogP contribution in [-0.2, 0) is 25.8 Å². The van der Waals surface area contributed by atoms with Crippen molar-refractivity contribution < 1.29 is 19.4 Å². The molecule has 0 saturated heterocycles. The predicted octanol–water partition coefficient (Wildman–Crippen LogP) is 1.64. The van der Waals surface area contributed by atoms with Crippen LogP contribution in [0.15, 0.2) is 30.3 Å². The van der Waals surface area contributed by atoms with E-state index in [-0.39, 0.29) is 6.42 Å². The third-order valence-electron chi connectivity index (χ3n) is 1.71. The average Bonchev–Trinajstić information content (AvgIpc) is 2.25. The quantitative estimate of drug-likeness (QED) is 0.559. The van der Waals surface area contributed by atoms with E-state index in [9.17, 15) is 9.59 Å². The summed E-state index contributed by atoms with van der Waals surface area (Å²) in [7, 11) is 0. The van der Waals surface area contributed by atoms with Crippen molar-refractivity contribution in [1.29, 1.82) is 0 Å². The summed E-state index contributed by atoms with van der Waals surface area (Å²) in [6.45, 7) is 1.17. The van der Waals surface area contributed by atoms with Crippen LogP contribution in [0.4, 0.5) is 0 Å². The van der Waals surface area contributed by atoms with Crippen molar-refractivity contribution in [3.63, 3.8) is 0 Å². The van der Waals surface area contributed by atoms with Crippen LogP contribution in [0.3, 0.4) is 0 Å². The van der Waals surface area contributed by atoms with E-state index in [4.69, 9.17) is 0 Å².